The van der Waals surface area contributed by atoms with Gasteiger partial charge >= 0.3 is 0 Å². The fourth-order valence-electron chi connectivity index (χ4n) is 1.56. The minimum Gasteiger partial charge on any atom is -0.241 e. The molecule has 1 atom stereocenters. The molecule has 1 fully saturated rings. The summed E-state index contributed by atoms with van der Waals surface area (Å²) >= 11 is 5.70. The van der Waals surface area contributed by atoms with Gasteiger partial charge in [0, 0.05) is 12.1 Å². The largest absolute Gasteiger partial charge is 0.241 e. The van der Waals surface area contributed by atoms with Crippen molar-refractivity contribution in [2.75, 3.05) is 0 Å². The predicted octanol–water partition coefficient (Wildman–Crippen LogP) is 2.73. The number of alkyl halides is 1. The number of hydrogen-bond donors (Lipinski definition) is 0. The molecule has 0 amide bonds. The second-order valence-corrected chi connectivity index (χ2v) is 4.55. The van der Waals surface area contributed by atoms with Gasteiger partial charge in [-0.1, -0.05) is 13.8 Å². The van der Waals surface area contributed by atoms with Crippen molar-refractivity contribution in [2.24, 2.45) is 5.41 Å². The molecule has 0 aliphatic heterocycles. The molecular weight excluding hydrogens is 184 g/mol. The summed E-state index contributed by atoms with van der Waals surface area (Å²) in [5.41, 5.74) is 1.32. The molecule has 0 saturated heterocycles. The standard InChI is InChI=1S/C10H13ClN2/c1-10(2)5-8(10)9-12-4-3-7(6-11)13-9/h3-4,8H,5-6H2,1-2H3. The van der Waals surface area contributed by atoms with Gasteiger partial charge in [0.05, 0.1) is 11.6 Å². The maximum absolute atomic E-state index is 5.70. The average Bonchev–Trinajstić information content (AvgIpc) is 2.76. The number of halogens is 1. The topological polar surface area (TPSA) is 25.8 Å². The normalized spacial score (nSPS) is 24.4. The van der Waals surface area contributed by atoms with Crippen LogP contribution in [0.15, 0.2) is 12.3 Å². The van der Waals surface area contributed by atoms with Crippen molar-refractivity contribution in [3.8, 4) is 0 Å². The van der Waals surface area contributed by atoms with Gasteiger partial charge in [0.25, 0.3) is 0 Å². The van der Waals surface area contributed by atoms with Gasteiger partial charge < -0.3 is 0 Å². The van der Waals surface area contributed by atoms with Crippen LogP contribution in [0, 0.1) is 5.41 Å². The van der Waals surface area contributed by atoms with E-state index in [1.54, 1.807) is 6.20 Å². The van der Waals surface area contributed by atoms with Crippen molar-refractivity contribution >= 4 is 11.6 Å². The van der Waals surface area contributed by atoms with Crippen LogP contribution >= 0.6 is 11.6 Å². The van der Waals surface area contributed by atoms with E-state index in [0.29, 0.717) is 17.2 Å². The average molecular weight is 197 g/mol. The van der Waals surface area contributed by atoms with E-state index < -0.39 is 0 Å². The van der Waals surface area contributed by atoms with E-state index in [9.17, 15) is 0 Å². The molecule has 2 rings (SSSR count). The molecule has 1 aliphatic carbocycles. The Morgan fingerprint density at radius 3 is 2.85 bits per heavy atom. The third-order valence-electron chi connectivity index (χ3n) is 2.69. The highest BCUT2D eigenvalue weighted by atomic mass is 35.5. The lowest BCUT2D eigenvalue weighted by Crippen LogP contribution is -1.99. The van der Waals surface area contributed by atoms with Crippen LogP contribution in [0.25, 0.3) is 0 Å². The highest BCUT2D eigenvalue weighted by Gasteiger charge is 2.48. The summed E-state index contributed by atoms with van der Waals surface area (Å²) in [5, 5.41) is 0. The Labute approximate surface area is 83.4 Å². The summed E-state index contributed by atoms with van der Waals surface area (Å²) in [6.07, 6.45) is 2.99. The number of hydrogen-bond acceptors (Lipinski definition) is 2. The molecule has 0 bridgehead atoms. The molecule has 0 aromatic carbocycles. The van der Waals surface area contributed by atoms with E-state index in [0.717, 1.165) is 11.5 Å². The summed E-state index contributed by atoms with van der Waals surface area (Å²) in [5.74, 6) is 1.97. The fraction of sp³-hybridized carbons (Fsp3) is 0.600. The quantitative estimate of drug-likeness (QED) is 0.680. The van der Waals surface area contributed by atoms with Crippen molar-refractivity contribution in [3.63, 3.8) is 0 Å². The molecule has 70 valence electrons. The Bertz CT molecular complexity index is 322. The molecule has 1 aromatic rings. The number of rotatable bonds is 2. The summed E-state index contributed by atoms with van der Waals surface area (Å²) in [4.78, 5) is 8.68. The molecule has 2 nitrogen and oxygen atoms in total. The van der Waals surface area contributed by atoms with Gasteiger partial charge in [-0.25, -0.2) is 9.97 Å². The molecule has 3 heteroatoms. The first kappa shape index (κ1) is 8.95. The van der Waals surface area contributed by atoms with Gasteiger partial charge in [-0.15, -0.1) is 11.6 Å². The second kappa shape index (κ2) is 2.95. The molecule has 1 aromatic heterocycles. The van der Waals surface area contributed by atoms with Gasteiger partial charge in [0.1, 0.15) is 5.82 Å². The third kappa shape index (κ3) is 1.68. The van der Waals surface area contributed by atoms with Crippen molar-refractivity contribution in [1.29, 1.82) is 0 Å². The Morgan fingerprint density at radius 2 is 2.31 bits per heavy atom. The number of nitrogens with zero attached hydrogens (tertiary/aromatic N) is 2. The second-order valence-electron chi connectivity index (χ2n) is 4.29. The lowest BCUT2D eigenvalue weighted by atomic mass is 10.1. The predicted molar refractivity (Wildman–Crippen MR) is 52.7 cm³/mol. The zero-order chi connectivity index (χ0) is 9.47. The Morgan fingerprint density at radius 1 is 1.62 bits per heavy atom. The van der Waals surface area contributed by atoms with Gasteiger partial charge in [-0.05, 0) is 17.9 Å². The summed E-state index contributed by atoms with van der Waals surface area (Å²) in [7, 11) is 0. The van der Waals surface area contributed by atoms with Crippen LogP contribution in [0.3, 0.4) is 0 Å². The summed E-state index contributed by atoms with van der Waals surface area (Å²) < 4.78 is 0. The van der Waals surface area contributed by atoms with Gasteiger partial charge in [-0.3, -0.25) is 0 Å². The smallest absolute Gasteiger partial charge is 0.132 e. The maximum atomic E-state index is 5.70. The van der Waals surface area contributed by atoms with Crippen molar-refractivity contribution in [3.05, 3.63) is 23.8 Å². The molecular formula is C10H13ClN2. The first-order valence-electron chi connectivity index (χ1n) is 4.51. The molecule has 1 heterocycles. The summed E-state index contributed by atoms with van der Waals surface area (Å²) in [6.45, 7) is 4.49. The minimum atomic E-state index is 0.394. The zero-order valence-corrected chi connectivity index (χ0v) is 8.67. The van der Waals surface area contributed by atoms with Gasteiger partial charge in [0.15, 0.2) is 0 Å². The minimum absolute atomic E-state index is 0.394. The molecule has 0 radical (unpaired) electrons. The molecule has 1 saturated carbocycles. The van der Waals surface area contributed by atoms with Crippen LogP contribution in [0.1, 0.15) is 37.7 Å². The zero-order valence-electron chi connectivity index (χ0n) is 7.92. The van der Waals surface area contributed by atoms with E-state index in [1.807, 2.05) is 6.07 Å². The lowest BCUT2D eigenvalue weighted by molar-refractivity contribution is 0.607. The van der Waals surface area contributed by atoms with Crippen LogP contribution in [-0.2, 0) is 5.88 Å². The Hall–Kier alpha value is -0.630. The van der Waals surface area contributed by atoms with E-state index in [2.05, 4.69) is 23.8 Å². The maximum Gasteiger partial charge on any atom is 0.132 e. The van der Waals surface area contributed by atoms with Crippen LogP contribution in [-0.4, -0.2) is 9.97 Å². The van der Waals surface area contributed by atoms with Crippen molar-refractivity contribution < 1.29 is 0 Å². The third-order valence-corrected chi connectivity index (χ3v) is 2.97. The van der Waals surface area contributed by atoms with Gasteiger partial charge in [0.2, 0.25) is 0 Å². The van der Waals surface area contributed by atoms with Crippen molar-refractivity contribution in [2.45, 2.75) is 32.1 Å². The van der Waals surface area contributed by atoms with Crippen molar-refractivity contribution in [1.82, 2.24) is 9.97 Å². The molecule has 1 unspecified atom stereocenters. The molecule has 13 heavy (non-hydrogen) atoms. The molecule has 0 spiro atoms. The molecule has 0 N–H and O–H groups in total. The van der Waals surface area contributed by atoms with Crippen LogP contribution in [0.2, 0.25) is 0 Å². The number of aromatic nitrogens is 2. The highest BCUT2D eigenvalue weighted by molar-refractivity contribution is 6.16. The first-order chi connectivity index (χ1) is 6.13. The first-order valence-corrected chi connectivity index (χ1v) is 5.05. The van der Waals surface area contributed by atoms with E-state index in [-0.39, 0.29) is 0 Å². The van der Waals surface area contributed by atoms with E-state index >= 15 is 0 Å². The van der Waals surface area contributed by atoms with Crippen LogP contribution in [0.4, 0.5) is 0 Å². The highest BCUT2D eigenvalue weighted by Crippen LogP contribution is 2.57. The molecule has 1 aliphatic rings. The lowest BCUT2D eigenvalue weighted by Gasteiger charge is -2.02. The van der Waals surface area contributed by atoms with Crippen LogP contribution in [0.5, 0.6) is 0 Å². The van der Waals surface area contributed by atoms with E-state index in [1.165, 1.54) is 6.42 Å². The fourth-order valence-corrected chi connectivity index (χ4v) is 1.71. The summed E-state index contributed by atoms with van der Waals surface area (Å²) in [6, 6.07) is 1.87. The van der Waals surface area contributed by atoms with Crippen LogP contribution < -0.4 is 0 Å². The van der Waals surface area contributed by atoms with E-state index in [4.69, 9.17) is 11.6 Å². The Balaban J connectivity index is 2.23. The monoisotopic (exact) mass is 196 g/mol. The SMILES string of the molecule is CC1(C)CC1c1nccc(CCl)n1. The van der Waals surface area contributed by atoms with Gasteiger partial charge in [-0.2, -0.15) is 0 Å². The Kier molecular flexibility index (Phi) is 2.03.